The Kier molecular flexibility index (Phi) is 10.7. The molecule has 1 saturated heterocycles. The van der Waals surface area contributed by atoms with Gasteiger partial charge in [0.05, 0.1) is 14.2 Å². The molecule has 1 heterocycles. The van der Waals surface area contributed by atoms with Crippen LogP contribution in [0.2, 0.25) is 0 Å². The van der Waals surface area contributed by atoms with Crippen LogP contribution in [0.15, 0.2) is 23.2 Å². The second-order valence-corrected chi connectivity index (χ2v) is 6.57. The fourth-order valence-corrected chi connectivity index (χ4v) is 3.14. The van der Waals surface area contributed by atoms with Crippen molar-refractivity contribution < 1.29 is 9.47 Å². The molecule has 0 unspecified atom stereocenters. The Hall–Kier alpha value is -1.22. The van der Waals surface area contributed by atoms with Crippen molar-refractivity contribution >= 4 is 29.9 Å². The van der Waals surface area contributed by atoms with Crippen LogP contribution in [0.4, 0.5) is 0 Å². The molecule has 0 spiro atoms. The van der Waals surface area contributed by atoms with Crippen molar-refractivity contribution in [3.05, 3.63) is 23.8 Å². The lowest BCUT2D eigenvalue weighted by Crippen LogP contribution is -2.38. The molecule has 1 aliphatic heterocycles. The van der Waals surface area contributed by atoms with E-state index in [0.717, 1.165) is 35.5 Å². The van der Waals surface area contributed by atoms with E-state index in [9.17, 15) is 0 Å². The standard InChI is InChI=1S/C19H32N4O2.HI/c1-20-19(21-10-7-15-8-11-23(2)12-9-15)22-14-16-5-6-17(24-3)13-18(16)25-4;/h5-6,13,15H,7-12,14H2,1-4H3,(H2,20,21,22);1H. The van der Waals surface area contributed by atoms with Crippen molar-refractivity contribution in [2.45, 2.75) is 25.8 Å². The number of halogens is 1. The third kappa shape index (κ3) is 7.19. The summed E-state index contributed by atoms with van der Waals surface area (Å²) in [5.74, 6) is 3.25. The van der Waals surface area contributed by atoms with Crippen molar-refractivity contribution in [1.82, 2.24) is 15.5 Å². The van der Waals surface area contributed by atoms with Crippen molar-refractivity contribution in [2.75, 3.05) is 47.9 Å². The van der Waals surface area contributed by atoms with Crippen molar-refractivity contribution in [3.63, 3.8) is 0 Å². The summed E-state index contributed by atoms with van der Waals surface area (Å²) in [4.78, 5) is 6.72. The topological polar surface area (TPSA) is 58.1 Å². The van der Waals surface area contributed by atoms with Crippen LogP contribution in [-0.2, 0) is 6.54 Å². The number of ether oxygens (including phenoxy) is 2. The molecule has 2 rings (SSSR count). The zero-order chi connectivity index (χ0) is 18.1. The molecule has 0 radical (unpaired) electrons. The van der Waals surface area contributed by atoms with Crippen LogP contribution >= 0.6 is 24.0 Å². The normalized spacial score (nSPS) is 15.9. The summed E-state index contributed by atoms with van der Waals surface area (Å²) in [6.45, 7) is 4.04. The number of methoxy groups -OCH3 is 2. The highest BCUT2D eigenvalue weighted by atomic mass is 127. The Morgan fingerprint density at radius 1 is 1.19 bits per heavy atom. The molecule has 2 N–H and O–H groups in total. The molecule has 26 heavy (non-hydrogen) atoms. The van der Waals surface area contributed by atoms with Crippen molar-refractivity contribution in [3.8, 4) is 11.5 Å². The number of likely N-dealkylation sites (tertiary alicyclic amines) is 1. The Balaban J connectivity index is 0.00000338. The largest absolute Gasteiger partial charge is 0.497 e. The van der Waals surface area contributed by atoms with E-state index in [4.69, 9.17) is 9.47 Å². The Morgan fingerprint density at radius 2 is 1.92 bits per heavy atom. The van der Waals surface area contributed by atoms with E-state index in [2.05, 4.69) is 27.6 Å². The van der Waals surface area contributed by atoms with Gasteiger partial charge in [-0.05, 0) is 57.5 Å². The van der Waals surface area contributed by atoms with Crippen LogP contribution < -0.4 is 20.1 Å². The zero-order valence-corrected chi connectivity index (χ0v) is 18.7. The predicted octanol–water partition coefficient (Wildman–Crippen LogP) is 2.72. The molecular weight excluding hydrogens is 443 g/mol. The summed E-state index contributed by atoms with van der Waals surface area (Å²) >= 11 is 0. The van der Waals surface area contributed by atoms with Gasteiger partial charge in [-0.25, -0.2) is 0 Å². The van der Waals surface area contributed by atoms with Crippen LogP contribution in [0.3, 0.4) is 0 Å². The zero-order valence-electron chi connectivity index (χ0n) is 16.4. The lowest BCUT2D eigenvalue weighted by molar-refractivity contribution is 0.213. The van der Waals surface area contributed by atoms with Gasteiger partial charge >= 0.3 is 0 Å². The van der Waals surface area contributed by atoms with Gasteiger partial charge in [0, 0.05) is 31.8 Å². The highest BCUT2D eigenvalue weighted by molar-refractivity contribution is 14.0. The number of nitrogens with one attached hydrogen (secondary N) is 2. The first-order valence-corrected chi connectivity index (χ1v) is 9.00. The highest BCUT2D eigenvalue weighted by Gasteiger charge is 2.16. The van der Waals surface area contributed by atoms with Gasteiger partial charge in [0.25, 0.3) is 0 Å². The van der Waals surface area contributed by atoms with Crippen LogP contribution in [0.25, 0.3) is 0 Å². The lowest BCUT2D eigenvalue weighted by atomic mass is 9.94. The quantitative estimate of drug-likeness (QED) is 0.360. The smallest absolute Gasteiger partial charge is 0.191 e. The maximum atomic E-state index is 5.44. The van der Waals surface area contributed by atoms with Gasteiger partial charge in [0.15, 0.2) is 5.96 Å². The summed E-state index contributed by atoms with van der Waals surface area (Å²) in [5, 5.41) is 6.77. The molecule has 0 aliphatic carbocycles. The molecule has 1 aromatic rings. The molecule has 0 saturated carbocycles. The van der Waals surface area contributed by atoms with E-state index in [1.807, 2.05) is 18.2 Å². The van der Waals surface area contributed by atoms with Gasteiger partial charge < -0.3 is 25.0 Å². The predicted molar refractivity (Wildman–Crippen MR) is 118 cm³/mol. The van der Waals surface area contributed by atoms with Crippen LogP contribution in [0, 0.1) is 5.92 Å². The first-order chi connectivity index (χ1) is 12.2. The second-order valence-electron chi connectivity index (χ2n) is 6.57. The molecule has 6 nitrogen and oxygen atoms in total. The maximum absolute atomic E-state index is 5.44. The Morgan fingerprint density at radius 3 is 2.54 bits per heavy atom. The highest BCUT2D eigenvalue weighted by Crippen LogP contribution is 2.24. The summed E-state index contributed by atoms with van der Waals surface area (Å²) in [6.07, 6.45) is 3.79. The van der Waals surface area contributed by atoms with Gasteiger partial charge in [0.1, 0.15) is 11.5 Å². The average Bonchev–Trinajstić information content (AvgIpc) is 2.65. The monoisotopic (exact) mass is 476 g/mol. The van der Waals surface area contributed by atoms with E-state index < -0.39 is 0 Å². The molecule has 1 aromatic carbocycles. The minimum absolute atomic E-state index is 0. The van der Waals surface area contributed by atoms with E-state index in [0.29, 0.717) is 6.54 Å². The number of nitrogens with zero attached hydrogens (tertiary/aromatic N) is 2. The van der Waals surface area contributed by atoms with Gasteiger partial charge in [-0.2, -0.15) is 0 Å². The molecule has 1 aliphatic rings. The minimum Gasteiger partial charge on any atom is -0.497 e. The molecular formula is C19H33IN4O2. The molecule has 0 atom stereocenters. The molecule has 7 heteroatoms. The van der Waals surface area contributed by atoms with Gasteiger partial charge in [-0.1, -0.05) is 0 Å². The van der Waals surface area contributed by atoms with Crippen LogP contribution in [0.1, 0.15) is 24.8 Å². The van der Waals surface area contributed by atoms with Crippen molar-refractivity contribution in [2.24, 2.45) is 10.9 Å². The molecule has 148 valence electrons. The maximum Gasteiger partial charge on any atom is 0.191 e. The SMILES string of the molecule is CN=C(NCCC1CCN(C)CC1)NCc1ccc(OC)cc1OC.I. The summed E-state index contributed by atoms with van der Waals surface area (Å²) in [6, 6.07) is 5.85. The van der Waals surface area contributed by atoms with Gasteiger partial charge in [-0.15, -0.1) is 24.0 Å². The number of guanidine groups is 1. The first-order valence-electron chi connectivity index (χ1n) is 9.00. The van der Waals surface area contributed by atoms with E-state index >= 15 is 0 Å². The summed E-state index contributed by atoms with van der Waals surface area (Å²) in [7, 11) is 7.33. The van der Waals surface area contributed by atoms with E-state index in [1.54, 1.807) is 21.3 Å². The number of hydrogen-bond acceptors (Lipinski definition) is 4. The van der Waals surface area contributed by atoms with Crippen LogP contribution in [-0.4, -0.2) is 58.8 Å². The Bertz CT molecular complexity index is 560. The lowest BCUT2D eigenvalue weighted by Gasteiger charge is -2.29. The van der Waals surface area contributed by atoms with E-state index in [-0.39, 0.29) is 24.0 Å². The fraction of sp³-hybridized carbons (Fsp3) is 0.632. The molecule has 0 bridgehead atoms. The first kappa shape index (κ1) is 22.8. The Labute approximate surface area is 174 Å². The van der Waals surface area contributed by atoms with Gasteiger partial charge in [-0.3, -0.25) is 4.99 Å². The van der Waals surface area contributed by atoms with Crippen LogP contribution in [0.5, 0.6) is 11.5 Å². The average molecular weight is 476 g/mol. The molecule has 0 amide bonds. The third-order valence-corrected chi connectivity index (χ3v) is 4.85. The number of hydrogen-bond donors (Lipinski definition) is 2. The fourth-order valence-electron chi connectivity index (χ4n) is 3.14. The molecule has 1 fully saturated rings. The second kappa shape index (κ2) is 12.2. The van der Waals surface area contributed by atoms with Crippen molar-refractivity contribution in [1.29, 1.82) is 0 Å². The minimum atomic E-state index is 0. The summed E-state index contributed by atoms with van der Waals surface area (Å²) < 4.78 is 10.7. The molecule has 0 aromatic heterocycles. The summed E-state index contributed by atoms with van der Waals surface area (Å²) in [5.41, 5.74) is 1.07. The number of rotatable bonds is 7. The third-order valence-electron chi connectivity index (χ3n) is 4.85. The van der Waals surface area contributed by atoms with Gasteiger partial charge in [0.2, 0.25) is 0 Å². The number of benzene rings is 1. The van der Waals surface area contributed by atoms with E-state index in [1.165, 1.54) is 32.4 Å². The number of piperidine rings is 1. The number of aliphatic imine (C=N–C) groups is 1.